The zero-order valence-corrected chi connectivity index (χ0v) is 17.4. The van der Waals surface area contributed by atoms with Crippen LogP contribution in [0.25, 0.3) is 0 Å². The quantitative estimate of drug-likeness (QED) is 0.583. The van der Waals surface area contributed by atoms with Crippen LogP contribution in [-0.2, 0) is 10.5 Å². The van der Waals surface area contributed by atoms with Crippen molar-refractivity contribution in [3.05, 3.63) is 64.4 Å². The maximum Gasteiger partial charge on any atom is 0.230 e. The van der Waals surface area contributed by atoms with Crippen molar-refractivity contribution in [1.29, 1.82) is 0 Å². The fourth-order valence-corrected chi connectivity index (χ4v) is 3.92. The lowest BCUT2D eigenvalue weighted by molar-refractivity contribution is -0.119. The molecule has 0 radical (unpaired) electrons. The Kier molecular flexibility index (Phi) is 8.45. The smallest absolute Gasteiger partial charge is 0.230 e. The number of benzene rings is 2. The molecular weight excluding hydrogens is 385 g/mol. The third kappa shape index (κ3) is 6.74. The molecule has 0 bridgehead atoms. The van der Waals surface area contributed by atoms with Gasteiger partial charge in [-0.15, -0.1) is 11.8 Å². The Bertz CT molecular complexity index is 732. The molecule has 0 unspecified atom stereocenters. The lowest BCUT2D eigenvalue weighted by atomic mass is 9.97. The number of rotatable bonds is 9. The summed E-state index contributed by atoms with van der Waals surface area (Å²) in [6.45, 7) is 4.25. The summed E-state index contributed by atoms with van der Waals surface area (Å²) in [6, 6.07) is 12.3. The predicted octanol–water partition coefficient (Wildman–Crippen LogP) is 5.62. The third-order valence-electron chi connectivity index (χ3n) is 4.10. The first-order chi connectivity index (χ1) is 12.9. The van der Waals surface area contributed by atoms with Crippen molar-refractivity contribution in [1.82, 2.24) is 5.32 Å². The number of halogens is 2. The molecule has 27 heavy (non-hydrogen) atoms. The van der Waals surface area contributed by atoms with Crippen LogP contribution < -0.4 is 10.1 Å². The second-order valence-corrected chi connectivity index (χ2v) is 8.11. The molecule has 2 aromatic rings. The number of hydrogen-bond acceptors (Lipinski definition) is 3. The summed E-state index contributed by atoms with van der Waals surface area (Å²) in [6.07, 6.45) is 0.835. The summed E-state index contributed by atoms with van der Waals surface area (Å²) in [5, 5.41) is 3.48. The minimum absolute atomic E-state index is 0.0685. The lowest BCUT2D eigenvalue weighted by Gasteiger charge is -2.21. The van der Waals surface area contributed by atoms with Crippen LogP contribution in [0.4, 0.5) is 4.39 Å². The summed E-state index contributed by atoms with van der Waals surface area (Å²) >= 11 is 7.38. The SMILES string of the molecule is COc1ccc([C@H](CC(C)C)NC(=O)CSCc2c(F)cccc2Cl)cc1. The summed E-state index contributed by atoms with van der Waals surface area (Å²) < 4.78 is 19.0. The second-order valence-electron chi connectivity index (χ2n) is 6.72. The zero-order chi connectivity index (χ0) is 19.8. The minimum Gasteiger partial charge on any atom is -0.497 e. The summed E-state index contributed by atoms with van der Waals surface area (Å²) in [7, 11) is 1.63. The van der Waals surface area contributed by atoms with Gasteiger partial charge < -0.3 is 10.1 Å². The maximum atomic E-state index is 13.8. The lowest BCUT2D eigenvalue weighted by Crippen LogP contribution is -2.31. The second kappa shape index (κ2) is 10.6. The number of thioether (sulfide) groups is 1. The number of hydrogen-bond donors (Lipinski definition) is 1. The zero-order valence-electron chi connectivity index (χ0n) is 15.8. The van der Waals surface area contributed by atoms with Crippen LogP contribution in [0.3, 0.4) is 0 Å². The van der Waals surface area contributed by atoms with Gasteiger partial charge in [0.15, 0.2) is 0 Å². The molecule has 0 heterocycles. The number of amides is 1. The van der Waals surface area contributed by atoms with Crippen molar-refractivity contribution in [2.45, 2.75) is 32.1 Å². The van der Waals surface area contributed by atoms with E-state index in [1.54, 1.807) is 19.2 Å². The molecule has 146 valence electrons. The Morgan fingerprint density at radius 1 is 1.22 bits per heavy atom. The Labute approximate surface area is 169 Å². The highest BCUT2D eigenvalue weighted by molar-refractivity contribution is 7.99. The van der Waals surface area contributed by atoms with E-state index < -0.39 is 0 Å². The molecule has 2 aromatic carbocycles. The van der Waals surface area contributed by atoms with Crippen LogP contribution in [0, 0.1) is 11.7 Å². The van der Waals surface area contributed by atoms with Crippen LogP contribution in [-0.4, -0.2) is 18.8 Å². The van der Waals surface area contributed by atoms with Crippen LogP contribution in [0.5, 0.6) is 5.75 Å². The average Bonchev–Trinajstić information content (AvgIpc) is 2.63. The predicted molar refractivity (Wildman–Crippen MR) is 111 cm³/mol. The molecule has 1 atom stereocenters. The van der Waals surface area contributed by atoms with Gasteiger partial charge in [-0.3, -0.25) is 4.79 Å². The Morgan fingerprint density at radius 3 is 2.52 bits per heavy atom. The molecule has 0 fully saturated rings. The van der Waals surface area contributed by atoms with Gasteiger partial charge in [0.05, 0.1) is 18.9 Å². The number of methoxy groups -OCH3 is 1. The number of carbonyl (C=O) groups excluding carboxylic acids is 1. The van der Waals surface area contributed by atoms with Gasteiger partial charge in [0.25, 0.3) is 0 Å². The van der Waals surface area contributed by atoms with Gasteiger partial charge in [0, 0.05) is 16.3 Å². The summed E-state index contributed by atoms with van der Waals surface area (Å²) in [5.74, 6) is 1.40. The van der Waals surface area contributed by atoms with Crippen LogP contribution in [0.2, 0.25) is 5.02 Å². The monoisotopic (exact) mass is 409 g/mol. The Balaban J connectivity index is 1.94. The van der Waals surface area contributed by atoms with Crippen LogP contribution in [0.15, 0.2) is 42.5 Å². The highest BCUT2D eigenvalue weighted by Gasteiger charge is 2.17. The van der Waals surface area contributed by atoms with Crippen molar-refractivity contribution in [2.24, 2.45) is 5.92 Å². The van der Waals surface area contributed by atoms with Gasteiger partial charge >= 0.3 is 0 Å². The maximum absolute atomic E-state index is 13.8. The van der Waals surface area contributed by atoms with E-state index in [-0.39, 0.29) is 23.5 Å². The van der Waals surface area contributed by atoms with Crippen molar-refractivity contribution >= 4 is 29.3 Å². The van der Waals surface area contributed by atoms with E-state index in [0.29, 0.717) is 22.3 Å². The summed E-state index contributed by atoms with van der Waals surface area (Å²) in [5.41, 5.74) is 1.48. The van der Waals surface area contributed by atoms with Crippen molar-refractivity contribution in [3.63, 3.8) is 0 Å². The van der Waals surface area contributed by atoms with E-state index in [9.17, 15) is 9.18 Å². The average molecular weight is 410 g/mol. The molecule has 2 rings (SSSR count). The first-order valence-electron chi connectivity index (χ1n) is 8.84. The van der Waals surface area contributed by atoms with Gasteiger partial charge in [-0.05, 0) is 42.2 Å². The van der Waals surface area contributed by atoms with Crippen molar-refractivity contribution in [3.8, 4) is 5.75 Å². The van der Waals surface area contributed by atoms with Crippen LogP contribution >= 0.6 is 23.4 Å². The van der Waals surface area contributed by atoms with E-state index in [0.717, 1.165) is 17.7 Å². The van der Waals surface area contributed by atoms with E-state index >= 15 is 0 Å². The number of nitrogens with one attached hydrogen (secondary N) is 1. The molecular formula is C21H25ClFNO2S. The van der Waals surface area contributed by atoms with E-state index in [2.05, 4.69) is 19.2 Å². The normalized spacial score (nSPS) is 12.1. The topological polar surface area (TPSA) is 38.3 Å². The first-order valence-corrected chi connectivity index (χ1v) is 10.4. The van der Waals surface area contributed by atoms with Crippen LogP contribution in [0.1, 0.15) is 37.4 Å². The Hall–Kier alpha value is -1.72. The van der Waals surface area contributed by atoms with E-state index in [1.807, 2.05) is 24.3 Å². The highest BCUT2D eigenvalue weighted by Crippen LogP contribution is 2.25. The molecule has 0 saturated carbocycles. The fourth-order valence-electron chi connectivity index (χ4n) is 2.74. The van der Waals surface area contributed by atoms with E-state index in [4.69, 9.17) is 16.3 Å². The molecule has 0 saturated heterocycles. The Morgan fingerprint density at radius 2 is 1.93 bits per heavy atom. The molecule has 0 aliphatic carbocycles. The van der Waals surface area contributed by atoms with E-state index in [1.165, 1.54) is 17.8 Å². The van der Waals surface area contributed by atoms with Gasteiger partial charge in [-0.25, -0.2) is 4.39 Å². The molecule has 1 amide bonds. The molecule has 0 spiro atoms. The molecule has 0 aliphatic heterocycles. The first kappa shape index (κ1) is 21.6. The van der Waals surface area contributed by atoms with Gasteiger partial charge in [0.2, 0.25) is 5.91 Å². The van der Waals surface area contributed by atoms with Crippen molar-refractivity contribution in [2.75, 3.05) is 12.9 Å². The number of ether oxygens (including phenoxy) is 1. The standard InChI is InChI=1S/C21H25ClFNO2S/c1-14(2)11-20(15-7-9-16(26-3)10-8-15)24-21(25)13-27-12-17-18(22)5-4-6-19(17)23/h4-10,14,20H,11-13H2,1-3H3,(H,24,25)/t20-/m0/s1. The molecule has 1 N–H and O–H groups in total. The minimum atomic E-state index is -0.341. The molecule has 3 nitrogen and oxygen atoms in total. The molecule has 6 heteroatoms. The van der Waals surface area contributed by atoms with Gasteiger partial charge in [-0.1, -0.05) is 43.6 Å². The molecule has 0 aliphatic rings. The largest absolute Gasteiger partial charge is 0.497 e. The van der Waals surface area contributed by atoms with Gasteiger partial charge in [0.1, 0.15) is 11.6 Å². The summed E-state index contributed by atoms with van der Waals surface area (Å²) in [4.78, 5) is 12.4. The third-order valence-corrected chi connectivity index (χ3v) is 5.41. The highest BCUT2D eigenvalue weighted by atomic mass is 35.5. The molecule has 0 aromatic heterocycles. The van der Waals surface area contributed by atoms with Gasteiger partial charge in [-0.2, -0.15) is 0 Å². The number of carbonyl (C=O) groups is 1. The fraction of sp³-hybridized carbons (Fsp3) is 0.381. The van der Waals surface area contributed by atoms with Crippen molar-refractivity contribution < 1.29 is 13.9 Å².